The number of carbonyl (C=O) groups excluding carboxylic acids is 2. The number of carbonyl (C=O) groups is 2. The molecule has 1 atom stereocenters. The van der Waals surface area contributed by atoms with E-state index in [4.69, 9.17) is 9.47 Å². The summed E-state index contributed by atoms with van der Waals surface area (Å²) < 4.78 is 11.6. The molecule has 0 aromatic heterocycles. The molecule has 2 aromatic carbocycles. The molecule has 6 heteroatoms. The van der Waals surface area contributed by atoms with Crippen molar-refractivity contribution in [2.24, 2.45) is 0 Å². The predicted octanol–water partition coefficient (Wildman–Crippen LogP) is 2.10. The molecule has 2 heterocycles. The first-order valence-corrected chi connectivity index (χ1v) is 8.78. The van der Waals surface area contributed by atoms with Gasteiger partial charge in [0.1, 0.15) is 12.7 Å². The van der Waals surface area contributed by atoms with Crippen LogP contribution in [0.15, 0.2) is 48.5 Å². The van der Waals surface area contributed by atoms with E-state index in [1.807, 2.05) is 24.3 Å². The van der Waals surface area contributed by atoms with Gasteiger partial charge in [0.25, 0.3) is 11.8 Å². The first kappa shape index (κ1) is 16.6. The number of nitrogens with zero attached hydrogens (tertiary/aromatic N) is 1. The second-order valence-electron chi connectivity index (χ2n) is 6.36. The number of imide groups is 1. The van der Waals surface area contributed by atoms with Crippen LogP contribution in [0.3, 0.4) is 0 Å². The van der Waals surface area contributed by atoms with Crippen molar-refractivity contribution in [1.82, 2.24) is 10.2 Å². The van der Waals surface area contributed by atoms with E-state index in [2.05, 4.69) is 5.32 Å². The van der Waals surface area contributed by atoms with Gasteiger partial charge in [0.15, 0.2) is 11.5 Å². The fourth-order valence-corrected chi connectivity index (χ4v) is 3.23. The van der Waals surface area contributed by atoms with E-state index < -0.39 is 0 Å². The lowest BCUT2D eigenvalue weighted by atomic mass is 10.1. The van der Waals surface area contributed by atoms with Crippen LogP contribution in [0.4, 0.5) is 0 Å². The van der Waals surface area contributed by atoms with Crippen LogP contribution in [0.1, 0.15) is 27.1 Å². The maximum absolute atomic E-state index is 12.3. The summed E-state index contributed by atoms with van der Waals surface area (Å²) in [6.45, 7) is 2.25. The molecule has 1 unspecified atom stereocenters. The number of benzene rings is 2. The van der Waals surface area contributed by atoms with E-state index in [-0.39, 0.29) is 17.9 Å². The highest BCUT2D eigenvalue weighted by molar-refractivity contribution is 6.21. The molecular weight excluding hydrogens is 332 g/mol. The van der Waals surface area contributed by atoms with Crippen LogP contribution in [0.2, 0.25) is 0 Å². The molecule has 0 aliphatic carbocycles. The molecule has 0 saturated heterocycles. The van der Waals surface area contributed by atoms with Crippen LogP contribution >= 0.6 is 0 Å². The topological polar surface area (TPSA) is 67.9 Å². The minimum Gasteiger partial charge on any atom is -0.486 e. The maximum atomic E-state index is 12.3. The van der Waals surface area contributed by atoms with Gasteiger partial charge < -0.3 is 14.8 Å². The molecule has 0 fully saturated rings. The molecule has 0 spiro atoms. The van der Waals surface area contributed by atoms with E-state index >= 15 is 0 Å². The summed E-state index contributed by atoms with van der Waals surface area (Å²) in [6.07, 6.45) is 0.638. The number of nitrogens with one attached hydrogen (secondary N) is 1. The van der Waals surface area contributed by atoms with Crippen molar-refractivity contribution in [3.8, 4) is 11.5 Å². The molecule has 6 nitrogen and oxygen atoms in total. The largest absolute Gasteiger partial charge is 0.486 e. The van der Waals surface area contributed by atoms with Crippen molar-refractivity contribution >= 4 is 11.8 Å². The number of amides is 2. The monoisotopic (exact) mass is 352 g/mol. The quantitative estimate of drug-likeness (QED) is 0.637. The number of para-hydroxylation sites is 2. The molecule has 2 amide bonds. The lowest BCUT2D eigenvalue weighted by molar-refractivity contribution is 0.0650. The lowest BCUT2D eigenvalue weighted by Gasteiger charge is -2.26. The second kappa shape index (κ2) is 7.17. The summed E-state index contributed by atoms with van der Waals surface area (Å²) in [7, 11) is 0. The SMILES string of the molecule is O=C1c2ccccc2C(=O)N1CCCNCC1COc2ccccc2O1. The standard InChI is InChI=1S/C20H20N2O4/c23-19-15-6-1-2-7-16(15)20(24)22(19)11-5-10-21-12-14-13-25-17-8-3-4-9-18(17)26-14/h1-4,6-9,14,21H,5,10-13H2. The Balaban J connectivity index is 1.21. The zero-order valence-corrected chi connectivity index (χ0v) is 14.3. The highest BCUT2D eigenvalue weighted by atomic mass is 16.6. The summed E-state index contributed by atoms with van der Waals surface area (Å²) >= 11 is 0. The molecule has 2 aromatic rings. The molecular formula is C20H20N2O4. The van der Waals surface area contributed by atoms with Crippen molar-refractivity contribution in [2.45, 2.75) is 12.5 Å². The number of fused-ring (bicyclic) bond motifs is 2. The second-order valence-corrected chi connectivity index (χ2v) is 6.36. The number of rotatable bonds is 6. The fourth-order valence-electron chi connectivity index (χ4n) is 3.23. The molecule has 134 valence electrons. The number of hydrogen-bond acceptors (Lipinski definition) is 5. The van der Waals surface area contributed by atoms with E-state index in [0.717, 1.165) is 11.5 Å². The van der Waals surface area contributed by atoms with Gasteiger partial charge in [-0.1, -0.05) is 24.3 Å². The highest BCUT2D eigenvalue weighted by Crippen LogP contribution is 2.30. The normalized spacial score (nSPS) is 18.2. The molecule has 1 N–H and O–H groups in total. The van der Waals surface area contributed by atoms with Gasteiger partial charge in [-0.25, -0.2) is 0 Å². The molecule has 2 aliphatic heterocycles. The predicted molar refractivity (Wildman–Crippen MR) is 95.6 cm³/mol. The molecule has 0 saturated carbocycles. The molecule has 0 radical (unpaired) electrons. The van der Waals surface area contributed by atoms with Crippen LogP contribution in [-0.2, 0) is 0 Å². The Bertz CT molecular complexity index is 801. The van der Waals surface area contributed by atoms with E-state index in [0.29, 0.717) is 43.8 Å². The van der Waals surface area contributed by atoms with Gasteiger partial charge in [-0.3, -0.25) is 14.5 Å². The summed E-state index contributed by atoms with van der Waals surface area (Å²) in [4.78, 5) is 25.9. The summed E-state index contributed by atoms with van der Waals surface area (Å²) in [5.41, 5.74) is 0.994. The number of hydrogen-bond donors (Lipinski definition) is 1. The third-order valence-corrected chi connectivity index (χ3v) is 4.55. The first-order valence-electron chi connectivity index (χ1n) is 8.78. The smallest absolute Gasteiger partial charge is 0.261 e. The van der Waals surface area contributed by atoms with Crippen LogP contribution in [0.25, 0.3) is 0 Å². The van der Waals surface area contributed by atoms with Gasteiger partial charge in [0, 0.05) is 13.1 Å². The summed E-state index contributed by atoms with van der Waals surface area (Å²) in [5.74, 6) is 1.13. The average Bonchev–Trinajstić information content (AvgIpc) is 2.92. The van der Waals surface area contributed by atoms with E-state index in [9.17, 15) is 9.59 Å². The Hall–Kier alpha value is -2.86. The summed E-state index contributed by atoms with van der Waals surface area (Å²) in [6, 6.07) is 14.6. The van der Waals surface area contributed by atoms with Gasteiger partial charge >= 0.3 is 0 Å². The fraction of sp³-hybridized carbons (Fsp3) is 0.300. The van der Waals surface area contributed by atoms with Crippen molar-refractivity contribution in [3.05, 3.63) is 59.7 Å². The van der Waals surface area contributed by atoms with Gasteiger partial charge in [0.05, 0.1) is 11.1 Å². The highest BCUT2D eigenvalue weighted by Gasteiger charge is 2.34. The minimum atomic E-state index is -0.203. The third-order valence-electron chi connectivity index (χ3n) is 4.55. The van der Waals surface area contributed by atoms with Gasteiger partial charge in [-0.05, 0) is 37.2 Å². The molecule has 26 heavy (non-hydrogen) atoms. The van der Waals surface area contributed by atoms with Gasteiger partial charge in [0.2, 0.25) is 0 Å². The van der Waals surface area contributed by atoms with Crippen molar-refractivity contribution < 1.29 is 19.1 Å². The van der Waals surface area contributed by atoms with E-state index in [1.54, 1.807) is 24.3 Å². The van der Waals surface area contributed by atoms with Gasteiger partial charge in [-0.15, -0.1) is 0 Å². The Morgan fingerprint density at radius 2 is 1.62 bits per heavy atom. The third kappa shape index (κ3) is 3.15. The van der Waals surface area contributed by atoms with Crippen molar-refractivity contribution in [3.63, 3.8) is 0 Å². The number of ether oxygens (including phenoxy) is 2. The van der Waals surface area contributed by atoms with Crippen LogP contribution in [0, 0.1) is 0 Å². The maximum Gasteiger partial charge on any atom is 0.261 e. The molecule has 2 aliphatic rings. The Morgan fingerprint density at radius 3 is 2.35 bits per heavy atom. The van der Waals surface area contributed by atoms with Gasteiger partial charge in [-0.2, -0.15) is 0 Å². The van der Waals surface area contributed by atoms with Crippen LogP contribution in [-0.4, -0.2) is 49.1 Å². The van der Waals surface area contributed by atoms with Crippen molar-refractivity contribution in [1.29, 1.82) is 0 Å². The Morgan fingerprint density at radius 1 is 0.962 bits per heavy atom. The zero-order valence-electron chi connectivity index (χ0n) is 14.3. The Labute approximate surface area is 151 Å². The van der Waals surface area contributed by atoms with E-state index in [1.165, 1.54) is 4.90 Å². The minimum absolute atomic E-state index is 0.0517. The zero-order chi connectivity index (χ0) is 17.9. The Kier molecular flexibility index (Phi) is 4.58. The molecule has 0 bridgehead atoms. The average molecular weight is 352 g/mol. The van der Waals surface area contributed by atoms with Crippen LogP contribution in [0.5, 0.6) is 11.5 Å². The first-order chi connectivity index (χ1) is 12.7. The van der Waals surface area contributed by atoms with Crippen LogP contribution < -0.4 is 14.8 Å². The molecule has 4 rings (SSSR count). The lowest BCUT2D eigenvalue weighted by Crippen LogP contribution is -2.39. The summed E-state index contributed by atoms with van der Waals surface area (Å²) in [5, 5.41) is 3.31. The van der Waals surface area contributed by atoms with Crippen molar-refractivity contribution in [2.75, 3.05) is 26.2 Å².